The van der Waals surface area contributed by atoms with Crippen LogP contribution in [0.5, 0.6) is 0 Å². The normalized spacial score (nSPS) is 12.3. The predicted molar refractivity (Wildman–Crippen MR) is 103 cm³/mol. The molecule has 6 nitrogen and oxygen atoms in total. The molecule has 0 radical (unpaired) electrons. The smallest absolute Gasteiger partial charge is 0.274 e. The van der Waals surface area contributed by atoms with Gasteiger partial charge >= 0.3 is 0 Å². The van der Waals surface area contributed by atoms with Crippen molar-refractivity contribution in [2.45, 2.75) is 39.0 Å². The van der Waals surface area contributed by atoms with Gasteiger partial charge in [-0.3, -0.25) is 9.59 Å². The molecular formula is C20H24N4O2. The van der Waals surface area contributed by atoms with E-state index in [4.69, 9.17) is 4.98 Å². The molecule has 1 N–H and O–H groups in total. The van der Waals surface area contributed by atoms with E-state index in [0.717, 1.165) is 30.6 Å². The fraction of sp³-hybridized carbons (Fsp3) is 0.350. The van der Waals surface area contributed by atoms with E-state index in [2.05, 4.69) is 19.2 Å². The second kappa shape index (κ2) is 7.56. The molecule has 6 heteroatoms. The van der Waals surface area contributed by atoms with E-state index in [1.165, 1.54) is 4.57 Å². The summed E-state index contributed by atoms with van der Waals surface area (Å²) >= 11 is 0. The van der Waals surface area contributed by atoms with Crippen molar-refractivity contribution in [3.8, 4) is 0 Å². The molecule has 0 bridgehead atoms. The molecule has 0 saturated carbocycles. The van der Waals surface area contributed by atoms with Crippen LogP contribution in [0.15, 0.2) is 47.7 Å². The largest absolute Gasteiger partial charge is 0.317 e. The van der Waals surface area contributed by atoms with Gasteiger partial charge in [-0.1, -0.05) is 20.3 Å². The Labute approximate surface area is 152 Å². The van der Waals surface area contributed by atoms with Crippen LogP contribution in [-0.4, -0.2) is 19.9 Å². The van der Waals surface area contributed by atoms with Crippen LogP contribution in [0.4, 0.5) is 5.69 Å². The van der Waals surface area contributed by atoms with Crippen LogP contribution in [-0.2, 0) is 7.05 Å². The number of fused-ring (bicyclic) bond motifs is 1. The van der Waals surface area contributed by atoms with E-state index in [0.29, 0.717) is 11.5 Å². The Morgan fingerprint density at radius 2 is 2.04 bits per heavy atom. The van der Waals surface area contributed by atoms with Gasteiger partial charge in [-0.15, -0.1) is 0 Å². The molecule has 1 unspecified atom stereocenters. The summed E-state index contributed by atoms with van der Waals surface area (Å²) in [5.41, 5.74) is 2.39. The first-order valence-corrected chi connectivity index (χ1v) is 8.99. The summed E-state index contributed by atoms with van der Waals surface area (Å²) in [6.07, 6.45) is 8.67. The Kier molecular flexibility index (Phi) is 5.21. The Balaban J connectivity index is 1.87. The number of nitrogens with zero attached hydrogens (tertiary/aromatic N) is 3. The zero-order valence-corrected chi connectivity index (χ0v) is 15.4. The maximum Gasteiger partial charge on any atom is 0.274 e. The van der Waals surface area contributed by atoms with Crippen molar-refractivity contribution in [1.82, 2.24) is 14.0 Å². The first kappa shape index (κ1) is 17.9. The highest BCUT2D eigenvalue weighted by Gasteiger charge is 2.14. The molecule has 1 atom stereocenters. The van der Waals surface area contributed by atoms with Crippen LogP contribution < -0.4 is 10.9 Å². The number of carbonyl (C=O) groups excluding carboxylic acids is 1. The third-order valence-corrected chi connectivity index (χ3v) is 4.65. The molecule has 3 aromatic rings. The van der Waals surface area contributed by atoms with Gasteiger partial charge in [0, 0.05) is 31.6 Å². The van der Waals surface area contributed by atoms with Crippen LogP contribution in [0.25, 0.3) is 5.65 Å². The quantitative estimate of drug-likeness (QED) is 0.737. The average molecular weight is 352 g/mol. The van der Waals surface area contributed by atoms with Gasteiger partial charge in [-0.25, -0.2) is 4.98 Å². The molecule has 0 saturated heterocycles. The fourth-order valence-corrected chi connectivity index (χ4v) is 3.14. The number of hydrogen-bond donors (Lipinski definition) is 1. The van der Waals surface area contributed by atoms with Crippen LogP contribution in [0.3, 0.4) is 0 Å². The van der Waals surface area contributed by atoms with Crippen molar-refractivity contribution < 1.29 is 4.79 Å². The number of nitrogens with one attached hydrogen (secondary N) is 1. The molecule has 136 valence electrons. The SMILES string of the molecule is CCCC(CC)c1cn2cc(C(=O)Nc3cccn(C)c3=O)ccc2n1. The molecule has 26 heavy (non-hydrogen) atoms. The van der Waals surface area contributed by atoms with E-state index in [-0.39, 0.29) is 17.2 Å². The minimum atomic E-state index is -0.314. The van der Waals surface area contributed by atoms with Gasteiger partial charge in [0.1, 0.15) is 11.3 Å². The topological polar surface area (TPSA) is 68.4 Å². The fourth-order valence-electron chi connectivity index (χ4n) is 3.14. The lowest BCUT2D eigenvalue weighted by atomic mass is 9.98. The van der Waals surface area contributed by atoms with Gasteiger partial charge in [-0.2, -0.15) is 0 Å². The third kappa shape index (κ3) is 3.54. The number of rotatable bonds is 6. The highest BCUT2D eigenvalue weighted by Crippen LogP contribution is 2.24. The maximum atomic E-state index is 12.5. The average Bonchev–Trinajstić information content (AvgIpc) is 3.06. The predicted octanol–water partition coefficient (Wildman–Crippen LogP) is 3.58. The number of anilines is 1. The van der Waals surface area contributed by atoms with Crippen molar-refractivity contribution in [2.24, 2.45) is 7.05 Å². The van der Waals surface area contributed by atoms with Crippen LogP contribution >= 0.6 is 0 Å². The molecule has 0 aliphatic carbocycles. The van der Waals surface area contributed by atoms with E-state index in [1.807, 2.05) is 16.7 Å². The summed E-state index contributed by atoms with van der Waals surface area (Å²) in [5.74, 6) is 0.121. The van der Waals surface area contributed by atoms with Crippen molar-refractivity contribution >= 4 is 17.2 Å². The number of imidazole rings is 1. The molecule has 0 aromatic carbocycles. The molecule has 3 aromatic heterocycles. The highest BCUT2D eigenvalue weighted by molar-refractivity contribution is 6.04. The summed E-state index contributed by atoms with van der Waals surface area (Å²) in [6.45, 7) is 4.35. The minimum absolute atomic E-state index is 0.239. The van der Waals surface area contributed by atoms with E-state index in [1.54, 1.807) is 37.6 Å². The third-order valence-electron chi connectivity index (χ3n) is 4.65. The van der Waals surface area contributed by atoms with Crippen molar-refractivity contribution in [3.63, 3.8) is 0 Å². The second-order valence-electron chi connectivity index (χ2n) is 6.53. The van der Waals surface area contributed by atoms with Crippen molar-refractivity contribution in [2.75, 3.05) is 5.32 Å². The number of aryl methyl sites for hydroxylation is 1. The lowest BCUT2D eigenvalue weighted by Crippen LogP contribution is -2.23. The van der Waals surface area contributed by atoms with Crippen LogP contribution in [0.2, 0.25) is 0 Å². The Bertz CT molecular complexity index is 987. The van der Waals surface area contributed by atoms with E-state index >= 15 is 0 Å². The Hall–Kier alpha value is -2.89. The Morgan fingerprint density at radius 1 is 1.23 bits per heavy atom. The molecule has 3 rings (SSSR count). The van der Waals surface area contributed by atoms with Gasteiger partial charge in [0.2, 0.25) is 0 Å². The zero-order valence-electron chi connectivity index (χ0n) is 15.4. The van der Waals surface area contributed by atoms with Crippen molar-refractivity contribution in [3.05, 3.63) is 64.5 Å². The van der Waals surface area contributed by atoms with Gasteiger partial charge in [-0.05, 0) is 37.1 Å². The first-order valence-electron chi connectivity index (χ1n) is 8.99. The van der Waals surface area contributed by atoms with Gasteiger partial charge in [0.15, 0.2) is 0 Å². The molecule has 0 aliphatic heterocycles. The van der Waals surface area contributed by atoms with Crippen LogP contribution in [0.1, 0.15) is 55.1 Å². The number of amides is 1. The maximum absolute atomic E-state index is 12.5. The highest BCUT2D eigenvalue weighted by atomic mass is 16.2. The van der Waals surface area contributed by atoms with Gasteiger partial charge in [0.25, 0.3) is 11.5 Å². The number of carbonyl (C=O) groups is 1. The summed E-state index contributed by atoms with van der Waals surface area (Å²) in [6, 6.07) is 6.89. The first-order chi connectivity index (χ1) is 12.5. The van der Waals surface area contributed by atoms with Crippen molar-refractivity contribution in [1.29, 1.82) is 0 Å². The number of pyridine rings is 2. The lowest BCUT2D eigenvalue weighted by molar-refractivity contribution is 0.102. The van der Waals surface area contributed by atoms with Gasteiger partial charge < -0.3 is 14.3 Å². The molecule has 0 fully saturated rings. The molecule has 1 amide bonds. The summed E-state index contributed by atoms with van der Waals surface area (Å²) < 4.78 is 3.31. The Morgan fingerprint density at radius 3 is 2.77 bits per heavy atom. The summed E-state index contributed by atoms with van der Waals surface area (Å²) in [4.78, 5) is 29.3. The lowest BCUT2D eigenvalue weighted by Gasteiger charge is -2.09. The zero-order chi connectivity index (χ0) is 18.7. The van der Waals surface area contributed by atoms with Crippen LogP contribution in [0, 0.1) is 0 Å². The standard InChI is InChI=1S/C20H24N4O2/c1-4-7-14(5-2)17-13-24-12-15(9-10-18(24)21-17)19(25)22-16-8-6-11-23(3)20(16)26/h6,8-14H,4-5,7H2,1-3H3,(H,22,25). The molecular weight excluding hydrogens is 328 g/mol. The second-order valence-corrected chi connectivity index (χ2v) is 6.53. The van der Waals surface area contributed by atoms with Gasteiger partial charge in [0.05, 0.1) is 11.3 Å². The molecule has 3 heterocycles. The number of aromatic nitrogens is 3. The monoisotopic (exact) mass is 352 g/mol. The number of hydrogen-bond acceptors (Lipinski definition) is 3. The van der Waals surface area contributed by atoms with E-state index < -0.39 is 0 Å². The molecule has 0 spiro atoms. The summed E-state index contributed by atoms with van der Waals surface area (Å²) in [7, 11) is 1.65. The molecule has 0 aliphatic rings. The summed E-state index contributed by atoms with van der Waals surface area (Å²) in [5, 5.41) is 2.69. The minimum Gasteiger partial charge on any atom is -0.317 e. The van der Waals surface area contributed by atoms with E-state index in [9.17, 15) is 9.59 Å².